The van der Waals surface area contributed by atoms with E-state index in [2.05, 4.69) is 25.7 Å². The van der Waals surface area contributed by atoms with Crippen LogP contribution in [0.3, 0.4) is 0 Å². The fourth-order valence-corrected chi connectivity index (χ4v) is 1.98. The predicted molar refractivity (Wildman–Crippen MR) is 59.3 cm³/mol. The number of ether oxygens (including phenoxy) is 1. The van der Waals surface area contributed by atoms with Crippen molar-refractivity contribution in [2.75, 3.05) is 20.2 Å². The SMILES string of the molecule is COC(C)(C)CN1CC(N)CCC1C. The summed E-state index contributed by atoms with van der Waals surface area (Å²) in [4.78, 5) is 2.44. The third-order valence-corrected chi connectivity index (χ3v) is 3.18. The second-order valence-corrected chi connectivity index (χ2v) is 5.08. The molecule has 0 bridgehead atoms. The Bertz CT molecular complexity index is 182. The van der Waals surface area contributed by atoms with Crippen molar-refractivity contribution in [3.8, 4) is 0 Å². The number of hydrogen-bond acceptors (Lipinski definition) is 3. The van der Waals surface area contributed by atoms with Crippen molar-refractivity contribution < 1.29 is 4.74 Å². The van der Waals surface area contributed by atoms with E-state index in [9.17, 15) is 0 Å². The Labute approximate surface area is 87.6 Å². The summed E-state index contributed by atoms with van der Waals surface area (Å²) in [5, 5.41) is 0. The molecule has 0 aromatic heterocycles. The Balaban J connectivity index is 2.49. The van der Waals surface area contributed by atoms with E-state index in [-0.39, 0.29) is 5.60 Å². The molecule has 0 aromatic carbocycles. The van der Waals surface area contributed by atoms with Crippen LogP contribution in [-0.2, 0) is 4.74 Å². The van der Waals surface area contributed by atoms with Crippen LogP contribution in [0.25, 0.3) is 0 Å². The highest BCUT2D eigenvalue weighted by Gasteiger charge is 2.28. The van der Waals surface area contributed by atoms with Gasteiger partial charge in [0.15, 0.2) is 0 Å². The molecular weight excluding hydrogens is 176 g/mol. The normalized spacial score (nSPS) is 30.6. The van der Waals surface area contributed by atoms with Gasteiger partial charge in [-0.15, -0.1) is 0 Å². The van der Waals surface area contributed by atoms with Crippen LogP contribution in [0.15, 0.2) is 0 Å². The first-order valence-electron chi connectivity index (χ1n) is 5.49. The molecule has 1 fully saturated rings. The maximum Gasteiger partial charge on any atom is 0.0749 e. The van der Waals surface area contributed by atoms with E-state index in [4.69, 9.17) is 10.5 Å². The lowest BCUT2D eigenvalue weighted by Gasteiger charge is -2.40. The monoisotopic (exact) mass is 200 g/mol. The summed E-state index contributed by atoms with van der Waals surface area (Å²) in [6, 6.07) is 0.989. The van der Waals surface area contributed by atoms with Gasteiger partial charge in [0.1, 0.15) is 0 Å². The van der Waals surface area contributed by atoms with Crippen molar-refractivity contribution in [1.29, 1.82) is 0 Å². The van der Waals surface area contributed by atoms with Gasteiger partial charge in [0.25, 0.3) is 0 Å². The number of nitrogens with zero attached hydrogens (tertiary/aromatic N) is 1. The van der Waals surface area contributed by atoms with Crippen molar-refractivity contribution >= 4 is 0 Å². The minimum Gasteiger partial charge on any atom is -0.377 e. The van der Waals surface area contributed by atoms with Crippen LogP contribution < -0.4 is 5.73 Å². The van der Waals surface area contributed by atoms with Crippen molar-refractivity contribution in [1.82, 2.24) is 4.90 Å². The van der Waals surface area contributed by atoms with Gasteiger partial charge in [-0.25, -0.2) is 0 Å². The highest BCUT2D eigenvalue weighted by Crippen LogP contribution is 2.19. The number of rotatable bonds is 3. The lowest BCUT2D eigenvalue weighted by molar-refractivity contribution is -0.0243. The zero-order valence-electron chi connectivity index (χ0n) is 9.92. The van der Waals surface area contributed by atoms with Crippen molar-refractivity contribution in [3.63, 3.8) is 0 Å². The highest BCUT2D eigenvalue weighted by atomic mass is 16.5. The van der Waals surface area contributed by atoms with Gasteiger partial charge in [-0.2, -0.15) is 0 Å². The standard InChI is InChI=1S/C11H24N2O/c1-9-5-6-10(12)7-13(9)8-11(2,3)14-4/h9-10H,5-8,12H2,1-4H3. The molecule has 3 heteroatoms. The Morgan fingerprint density at radius 1 is 1.43 bits per heavy atom. The van der Waals surface area contributed by atoms with E-state index in [1.54, 1.807) is 7.11 Å². The van der Waals surface area contributed by atoms with Gasteiger partial charge < -0.3 is 10.5 Å². The summed E-state index contributed by atoms with van der Waals surface area (Å²) in [6.07, 6.45) is 2.37. The summed E-state index contributed by atoms with van der Waals surface area (Å²) < 4.78 is 5.44. The zero-order chi connectivity index (χ0) is 10.8. The van der Waals surface area contributed by atoms with E-state index < -0.39 is 0 Å². The van der Waals surface area contributed by atoms with Crippen LogP contribution in [0, 0.1) is 0 Å². The van der Waals surface area contributed by atoms with Crippen LogP contribution >= 0.6 is 0 Å². The largest absolute Gasteiger partial charge is 0.377 e. The Morgan fingerprint density at radius 2 is 2.07 bits per heavy atom. The van der Waals surface area contributed by atoms with Gasteiger partial charge in [0.2, 0.25) is 0 Å². The molecule has 0 aliphatic carbocycles. The van der Waals surface area contributed by atoms with Gasteiger partial charge in [-0.05, 0) is 33.6 Å². The minimum absolute atomic E-state index is 0.0642. The summed E-state index contributed by atoms with van der Waals surface area (Å²) in [5.41, 5.74) is 5.90. The molecule has 2 atom stereocenters. The topological polar surface area (TPSA) is 38.5 Å². The first-order chi connectivity index (χ1) is 6.44. The molecule has 1 aliphatic rings. The smallest absolute Gasteiger partial charge is 0.0749 e. The third-order valence-electron chi connectivity index (χ3n) is 3.18. The molecule has 1 aliphatic heterocycles. The highest BCUT2D eigenvalue weighted by molar-refractivity contribution is 4.85. The predicted octanol–water partition coefficient (Wildman–Crippen LogP) is 1.22. The summed E-state index contributed by atoms with van der Waals surface area (Å²) in [6.45, 7) is 8.50. The number of likely N-dealkylation sites (tertiary alicyclic amines) is 1. The first-order valence-corrected chi connectivity index (χ1v) is 5.49. The quantitative estimate of drug-likeness (QED) is 0.744. The van der Waals surface area contributed by atoms with E-state index >= 15 is 0 Å². The number of piperidine rings is 1. The second kappa shape index (κ2) is 4.60. The molecule has 2 unspecified atom stereocenters. The average Bonchev–Trinajstić information content (AvgIpc) is 2.11. The van der Waals surface area contributed by atoms with Gasteiger partial charge >= 0.3 is 0 Å². The van der Waals surface area contributed by atoms with Gasteiger partial charge in [0.05, 0.1) is 5.60 Å². The van der Waals surface area contributed by atoms with Crippen LogP contribution in [0.4, 0.5) is 0 Å². The number of hydrogen-bond donors (Lipinski definition) is 1. The Morgan fingerprint density at radius 3 is 2.64 bits per heavy atom. The lowest BCUT2D eigenvalue weighted by atomic mass is 9.97. The summed E-state index contributed by atoms with van der Waals surface area (Å²) in [7, 11) is 1.77. The Hall–Kier alpha value is -0.120. The summed E-state index contributed by atoms with van der Waals surface area (Å²) >= 11 is 0. The molecule has 1 rings (SSSR count). The molecule has 0 aromatic rings. The van der Waals surface area contributed by atoms with E-state index in [0.29, 0.717) is 12.1 Å². The van der Waals surface area contributed by atoms with Crippen molar-refractivity contribution in [2.24, 2.45) is 5.73 Å². The van der Waals surface area contributed by atoms with E-state index in [0.717, 1.165) is 19.5 Å². The molecule has 2 N–H and O–H groups in total. The third kappa shape index (κ3) is 3.23. The molecular formula is C11H24N2O. The van der Waals surface area contributed by atoms with Gasteiger partial charge in [-0.3, -0.25) is 4.90 Å². The Kier molecular flexibility index (Phi) is 3.93. The van der Waals surface area contributed by atoms with Crippen LogP contribution in [0.5, 0.6) is 0 Å². The fourth-order valence-electron chi connectivity index (χ4n) is 1.98. The van der Waals surface area contributed by atoms with Gasteiger partial charge in [-0.1, -0.05) is 0 Å². The molecule has 1 saturated heterocycles. The van der Waals surface area contributed by atoms with E-state index in [1.165, 1.54) is 6.42 Å². The number of methoxy groups -OCH3 is 1. The van der Waals surface area contributed by atoms with Crippen LogP contribution in [0.1, 0.15) is 33.6 Å². The minimum atomic E-state index is -0.0642. The average molecular weight is 200 g/mol. The molecule has 14 heavy (non-hydrogen) atoms. The van der Waals surface area contributed by atoms with E-state index in [1.807, 2.05) is 0 Å². The second-order valence-electron chi connectivity index (χ2n) is 5.08. The van der Waals surface area contributed by atoms with Crippen molar-refractivity contribution in [3.05, 3.63) is 0 Å². The van der Waals surface area contributed by atoms with Crippen LogP contribution in [-0.4, -0.2) is 42.8 Å². The van der Waals surface area contributed by atoms with Crippen LogP contribution in [0.2, 0.25) is 0 Å². The maximum atomic E-state index is 5.97. The molecule has 0 amide bonds. The maximum absolute atomic E-state index is 5.97. The fraction of sp³-hybridized carbons (Fsp3) is 1.00. The molecule has 3 nitrogen and oxygen atoms in total. The summed E-state index contributed by atoms with van der Waals surface area (Å²) in [5.74, 6) is 0. The zero-order valence-corrected chi connectivity index (χ0v) is 9.92. The lowest BCUT2D eigenvalue weighted by Crippen LogP contribution is -2.52. The molecule has 0 radical (unpaired) electrons. The first kappa shape index (κ1) is 12.0. The molecule has 0 spiro atoms. The number of nitrogens with two attached hydrogens (primary N) is 1. The molecule has 1 heterocycles. The molecule has 84 valence electrons. The van der Waals surface area contributed by atoms with Gasteiger partial charge in [0, 0.05) is 32.3 Å². The van der Waals surface area contributed by atoms with Crippen molar-refractivity contribution in [2.45, 2.75) is 51.3 Å². The molecule has 0 saturated carbocycles.